The molecular weight excluding hydrogens is 416 g/mol. The number of nitrogens with zero attached hydrogens (tertiary/aromatic N) is 2. The number of amides is 2. The second-order valence-electron chi connectivity index (χ2n) is 7.18. The van der Waals surface area contributed by atoms with E-state index in [4.69, 9.17) is 0 Å². The van der Waals surface area contributed by atoms with Gasteiger partial charge in [-0.25, -0.2) is 4.98 Å². The number of nitrogens with one attached hydrogen (secondary N) is 2. The first kappa shape index (κ1) is 22.2. The predicted molar refractivity (Wildman–Crippen MR) is 122 cm³/mol. The topological polar surface area (TPSA) is 95.2 Å². The molecule has 0 saturated heterocycles. The van der Waals surface area contributed by atoms with Gasteiger partial charge in [0.05, 0.1) is 11.4 Å². The van der Waals surface area contributed by atoms with Crippen LogP contribution in [0.4, 0.5) is 11.4 Å². The second-order valence-corrected chi connectivity index (χ2v) is 7.18. The monoisotopic (exact) mass is 438 g/mol. The van der Waals surface area contributed by atoms with Crippen LogP contribution in [0.25, 0.3) is 11.3 Å². The lowest BCUT2D eigenvalue weighted by Crippen LogP contribution is -2.32. The van der Waals surface area contributed by atoms with Crippen molar-refractivity contribution in [1.82, 2.24) is 9.97 Å². The molecule has 4 rings (SSSR count). The molecule has 0 radical (unpaired) electrons. The SMILES string of the molecule is CCC(=O)C(=O)Nc1ccc(C(=O)N2CCc3[nH]c(C)nc3-c3ccccc32)cc1.Cl. The number of carbonyl (C=O) groups is 3. The van der Waals surface area contributed by atoms with Gasteiger partial charge < -0.3 is 15.2 Å². The van der Waals surface area contributed by atoms with Crippen LogP contribution in [0.15, 0.2) is 48.5 Å². The molecule has 0 atom stereocenters. The molecule has 0 spiro atoms. The van der Waals surface area contributed by atoms with Gasteiger partial charge in [0.1, 0.15) is 5.82 Å². The molecule has 0 unspecified atom stereocenters. The number of imidazole rings is 1. The standard InChI is InChI=1S/C23H22N4O3.ClH/c1-3-20(28)22(29)26-16-10-8-15(9-11-16)23(30)27-13-12-18-21(25-14(2)24-18)17-6-4-5-7-19(17)27;/h4-11H,3,12-13H2,1-2H3,(H,24,25)(H,26,29);1H. The number of aromatic amines is 1. The van der Waals surface area contributed by atoms with Gasteiger partial charge in [0.2, 0.25) is 5.78 Å². The number of Topliss-reactive ketones (excluding diaryl/α,β-unsaturated/α-hetero) is 1. The van der Waals surface area contributed by atoms with Crippen molar-refractivity contribution in [1.29, 1.82) is 0 Å². The van der Waals surface area contributed by atoms with Crippen LogP contribution in [0.3, 0.4) is 0 Å². The Hall–Kier alpha value is -3.45. The molecule has 1 aromatic heterocycles. The highest BCUT2D eigenvalue weighted by Crippen LogP contribution is 2.35. The van der Waals surface area contributed by atoms with Crippen molar-refractivity contribution < 1.29 is 14.4 Å². The molecule has 2 amide bonds. The van der Waals surface area contributed by atoms with Crippen molar-refractivity contribution in [2.45, 2.75) is 26.7 Å². The lowest BCUT2D eigenvalue weighted by Gasteiger charge is -2.23. The minimum absolute atomic E-state index is 0. The Morgan fingerprint density at radius 1 is 1.10 bits per heavy atom. The number of ketones is 1. The van der Waals surface area contributed by atoms with Crippen LogP contribution in [0, 0.1) is 6.92 Å². The third-order valence-electron chi connectivity index (χ3n) is 5.14. The summed E-state index contributed by atoms with van der Waals surface area (Å²) in [6.45, 7) is 4.08. The number of anilines is 2. The molecule has 160 valence electrons. The number of hydrogen-bond acceptors (Lipinski definition) is 4. The molecule has 1 aliphatic heterocycles. The van der Waals surface area contributed by atoms with E-state index in [0.717, 1.165) is 28.5 Å². The van der Waals surface area contributed by atoms with Crippen LogP contribution < -0.4 is 10.2 Å². The van der Waals surface area contributed by atoms with Crippen molar-refractivity contribution in [2.75, 3.05) is 16.8 Å². The molecule has 2 heterocycles. The lowest BCUT2D eigenvalue weighted by molar-refractivity contribution is -0.134. The highest BCUT2D eigenvalue weighted by atomic mass is 35.5. The Labute approximate surface area is 186 Å². The number of halogens is 1. The Morgan fingerprint density at radius 3 is 2.52 bits per heavy atom. The summed E-state index contributed by atoms with van der Waals surface area (Å²) < 4.78 is 0. The van der Waals surface area contributed by atoms with E-state index in [-0.39, 0.29) is 24.7 Å². The molecule has 0 fully saturated rings. The highest BCUT2D eigenvalue weighted by Gasteiger charge is 2.26. The molecule has 0 saturated carbocycles. The molecule has 0 bridgehead atoms. The third kappa shape index (κ3) is 4.36. The molecule has 2 aromatic carbocycles. The number of fused-ring (bicyclic) bond motifs is 3. The second kappa shape index (κ2) is 9.14. The van der Waals surface area contributed by atoms with Crippen LogP contribution in [-0.2, 0) is 16.0 Å². The quantitative estimate of drug-likeness (QED) is 0.603. The molecule has 2 N–H and O–H groups in total. The van der Waals surface area contributed by atoms with Crippen molar-refractivity contribution >= 4 is 41.4 Å². The number of rotatable bonds is 4. The Kier molecular flexibility index (Phi) is 6.56. The molecule has 0 aliphatic carbocycles. The van der Waals surface area contributed by atoms with Gasteiger partial charge in [-0.3, -0.25) is 14.4 Å². The molecule has 1 aliphatic rings. The zero-order valence-corrected chi connectivity index (χ0v) is 18.1. The summed E-state index contributed by atoms with van der Waals surface area (Å²) >= 11 is 0. The minimum atomic E-state index is -0.651. The number of para-hydroxylation sites is 1. The first-order valence-corrected chi connectivity index (χ1v) is 9.89. The summed E-state index contributed by atoms with van der Waals surface area (Å²) in [7, 11) is 0. The van der Waals surface area contributed by atoms with E-state index >= 15 is 0 Å². The van der Waals surface area contributed by atoms with Crippen LogP contribution in [0.2, 0.25) is 0 Å². The normalized spacial score (nSPS) is 12.1. The largest absolute Gasteiger partial charge is 0.346 e. The third-order valence-corrected chi connectivity index (χ3v) is 5.14. The van der Waals surface area contributed by atoms with Crippen molar-refractivity contribution in [2.24, 2.45) is 0 Å². The lowest BCUT2D eigenvalue weighted by atomic mass is 10.1. The smallest absolute Gasteiger partial charge is 0.291 e. The van der Waals surface area contributed by atoms with Gasteiger partial charge in [-0.05, 0) is 37.3 Å². The van der Waals surface area contributed by atoms with E-state index in [1.807, 2.05) is 31.2 Å². The Morgan fingerprint density at radius 2 is 1.81 bits per heavy atom. The first-order valence-electron chi connectivity index (χ1n) is 9.89. The van der Waals surface area contributed by atoms with Gasteiger partial charge in [0, 0.05) is 41.9 Å². The first-order chi connectivity index (χ1) is 14.5. The molecule has 7 nitrogen and oxygen atoms in total. The molecule has 31 heavy (non-hydrogen) atoms. The van der Waals surface area contributed by atoms with Crippen LogP contribution in [-0.4, -0.2) is 34.1 Å². The van der Waals surface area contributed by atoms with E-state index in [9.17, 15) is 14.4 Å². The number of carbonyl (C=O) groups excluding carboxylic acids is 3. The fourth-order valence-corrected chi connectivity index (χ4v) is 3.62. The van der Waals surface area contributed by atoms with Crippen molar-refractivity contribution in [3.05, 3.63) is 65.6 Å². The number of aryl methyl sites for hydroxylation is 1. The van der Waals surface area contributed by atoms with Gasteiger partial charge in [0.15, 0.2) is 0 Å². The minimum Gasteiger partial charge on any atom is -0.346 e. The fraction of sp³-hybridized carbons (Fsp3) is 0.217. The maximum absolute atomic E-state index is 13.3. The summed E-state index contributed by atoms with van der Waals surface area (Å²) in [6.07, 6.45) is 0.817. The van der Waals surface area contributed by atoms with Crippen LogP contribution >= 0.6 is 12.4 Å². The van der Waals surface area contributed by atoms with Gasteiger partial charge in [-0.15, -0.1) is 12.4 Å². The number of aromatic nitrogens is 2. The Balaban J connectivity index is 0.00000272. The average Bonchev–Trinajstić information content (AvgIpc) is 3.07. The maximum atomic E-state index is 13.3. The average molecular weight is 439 g/mol. The van der Waals surface area contributed by atoms with Gasteiger partial charge in [-0.1, -0.05) is 25.1 Å². The zero-order chi connectivity index (χ0) is 21.3. The summed E-state index contributed by atoms with van der Waals surface area (Å²) in [4.78, 5) is 46.2. The summed E-state index contributed by atoms with van der Waals surface area (Å²) in [6, 6.07) is 14.3. The number of benzene rings is 2. The van der Waals surface area contributed by atoms with E-state index in [2.05, 4.69) is 15.3 Å². The van der Waals surface area contributed by atoms with Crippen molar-refractivity contribution in [3.8, 4) is 11.3 Å². The zero-order valence-electron chi connectivity index (χ0n) is 17.3. The van der Waals surface area contributed by atoms with Gasteiger partial charge >= 0.3 is 0 Å². The molecule has 8 heteroatoms. The molecule has 3 aromatic rings. The predicted octanol–water partition coefficient (Wildman–Crippen LogP) is 3.93. The van der Waals surface area contributed by atoms with Crippen LogP contribution in [0.1, 0.15) is 35.2 Å². The summed E-state index contributed by atoms with van der Waals surface area (Å²) in [5.74, 6) is -0.411. The maximum Gasteiger partial charge on any atom is 0.291 e. The van der Waals surface area contributed by atoms with E-state index < -0.39 is 11.7 Å². The van der Waals surface area contributed by atoms with E-state index in [1.165, 1.54) is 0 Å². The summed E-state index contributed by atoms with van der Waals surface area (Å²) in [5.41, 5.74) is 4.62. The van der Waals surface area contributed by atoms with E-state index in [1.54, 1.807) is 36.1 Å². The van der Waals surface area contributed by atoms with E-state index in [0.29, 0.717) is 24.2 Å². The highest BCUT2D eigenvalue weighted by molar-refractivity contribution is 6.40. The van der Waals surface area contributed by atoms with Gasteiger partial charge in [0.25, 0.3) is 11.8 Å². The van der Waals surface area contributed by atoms with Gasteiger partial charge in [-0.2, -0.15) is 0 Å². The van der Waals surface area contributed by atoms with Crippen molar-refractivity contribution in [3.63, 3.8) is 0 Å². The molecular formula is C23H23ClN4O3. The number of hydrogen-bond donors (Lipinski definition) is 2. The van der Waals surface area contributed by atoms with Crippen LogP contribution in [0.5, 0.6) is 0 Å². The summed E-state index contributed by atoms with van der Waals surface area (Å²) in [5, 5.41) is 2.55. The fourth-order valence-electron chi connectivity index (χ4n) is 3.62. The number of H-pyrrole nitrogens is 1. The Bertz CT molecular complexity index is 1140.